The van der Waals surface area contributed by atoms with E-state index in [9.17, 15) is 19.7 Å². The average Bonchev–Trinajstić information content (AvgIpc) is 3.27. The van der Waals surface area contributed by atoms with Gasteiger partial charge >= 0.3 is 5.97 Å². The Morgan fingerprint density at radius 2 is 1.97 bits per heavy atom. The number of carboxylic acid groups (broad SMARTS) is 1. The number of hydrogen-bond acceptors (Lipinski definition) is 7. The van der Waals surface area contributed by atoms with Crippen molar-refractivity contribution in [2.24, 2.45) is 5.10 Å². The Morgan fingerprint density at radius 1 is 1.14 bits per heavy atom. The molecule has 176 valence electrons. The molecule has 4 aromatic rings. The Bertz CT molecular complexity index is 1480. The predicted molar refractivity (Wildman–Crippen MR) is 135 cm³/mol. The van der Waals surface area contributed by atoms with Gasteiger partial charge in [0.2, 0.25) is 0 Å². The van der Waals surface area contributed by atoms with E-state index < -0.39 is 16.8 Å². The van der Waals surface area contributed by atoms with Gasteiger partial charge in [0.15, 0.2) is 0 Å². The van der Waals surface area contributed by atoms with Crippen molar-refractivity contribution in [3.63, 3.8) is 0 Å². The molecular weight excluding hydrogens is 538 g/mol. The summed E-state index contributed by atoms with van der Waals surface area (Å²) in [6.45, 7) is 0.196. The molecule has 0 atom stereocenters. The van der Waals surface area contributed by atoms with Crippen LogP contribution >= 0.6 is 27.3 Å². The number of nitro groups is 1. The van der Waals surface area contributed by atoms with Gasteiger partial charge in [-0.3, -0.25) is 14.9 Å². The molecule has 0 aliphatic heterocycles. The Labute approximate surface area is 210 Å². The number of hydrazone groups is 1. The zero-order valence-corrected chi connectivity index (χ0v) is 20.2. The second-order valence-electron chi connectivity index (χ2n) is 7.27. The lowest BCUT2D eigenvalue weighted by Crippen LogP contribution is -2.16. The Hall–Kier alpha value is -4.09. The Morgan fingerprint density at radius 3 is 2.71 bits per heavy atom. The lowest BCUT2D eigenvalue weighted by atomic mass is 10.1. The molecule has 0 bridgehead atoms. The molecule has 0 saturated heterocycles. The van der Waals surface area contributed by atoms with E-state index in [4.69, 9.17) is 9.84 Å². The normalized spacial score (nSPS) is 11.0. The van der Waals surface area contributed by atoms with Crippen LogP contribution in [-0.2, 0) is 6.61 Å². The molecule has 1 aromatic heterocycles. The average molecular weight is 554 g/mol. The third-order valence-electron chi connectivity index (χ3n) is 4.84. The number of rotatable bonds is 8. The molecule has 1 heterocycles. The molecule has 0 fully saturated rings. The summed E-state index contributed by atoms with van der Waals surface area (Å²) in [5.74, 6) is -0.862. The molecule has 0 aliphatic carbocycles. The first-order chi connectivity index (χ1) is 16.8. The number of thiophene rings is 1. The molecule has 1 amide bonds. The van der Waals surface area contributed by atoms with Gasteiger partial charge in [-0.25, -0.2) is 10.2 Å². The summed E-state index contributed by atoms with van der Waals surface area (Å²) in [6, 6.07) is 17.8. The second-order valence-corrected chi connectivity index (χ2v) is 9.21. The maximum Gasteiger partial charge on any atom is 0.335 e. The molecule has 3 aromatic carbocycles. The fraction of sp³-hybridized carbons (Fsp3) is 0.0417. The summed E-state index contributed by atoms with van der Waals surface area (Å²) in [7, 11) is 0. The van der Waals surface area contributed by atoms with Gasteiger partial charge in [0.25, 0.3) is 11.6 Å². The van der Waals surface area contributed by atoms with Crippen molar-refractivity contribution in [1.82, 2.24) is 5.43 Å². The predicted octanol–water partition coefficient (Wildman–Crippen LogP) is 5.61. The van der Waals surface area contributed by atoms with Gasteiger partial charge in [0, 0.05) is 22.2 Å². The van der Waals surface area contributed by atoms with Crippen molar-refractivity contribution in [3.8, 4) is 5.75 Å². The van der Waals surface area contributed by atoms with Crippen molar-refractivity contribution < 1.29 is 24.4 Å². The number of halogens is 1. The maximum absolute atomic E-state index is 12.4. The van der Waals surface area contributed by atoms with Crippen molar-refractivity contribution in [2.45, 2.75) is 6.61 Å². The number of hydrogen-bond donors (Lipinski definition) is 2. The first-order valence-electron chi connectivity index (χ1n) is 10.1. The fourth-order valence-electron chi connectivity index (χ4n) is 3.15. The standard InChI is InChI=1S/C24H16BrN3O6S/c25-19-9-14(4-6-20(19)34-13-15-2-1-3-16(8-15)24(30)31)12-26-27-23(29)22-11-17-10-18(28(32)33)5-7-21(17)35-22/h1-12H,13H2,(H,27,29)(H,30,31)/b26-12-. The van der Waals surface area contributed by atoms with Crippen LogP contribution in [0.2, 0.25) is 0 Å². The molecule has 0 unspecified atom stereocenters. The van der Waals surface area contributed by atoms with Gasteiger partial charge in [-0.2, -0.15) is 5.10 Å². The summed E-state index contributed by atoms with van der Waals surface area (Å²) < 4.78 is 7.19. The lowest BCUT2D eigenvalue weighted by molar-refractivity contribution is -0.384. The number of nitro benzene ring substituents is 1. The Balaban J connectivity index is 1.37. The third-order valence-corrected chi connectivity index (χ3v) is 6.57. The zero-order valence-electron chi connectivity index (χ0n) is 17.8. The van der Waals surface area contributed by atoms with Crippen LogP contribution in [-0.4, -0.2) is 28.1 Å². The highest BCUT2D eigenvalue weighted by Gasteiger charge is 2.13. The molecule has 35 heavy (non-hydrogen) atoms. The van der Waals surface area contributed by atoms with Crippen LogP contribution in [0.3, 0.4) is 0 Å². The summed E-state index contributed by atoms with van der Waals surface area (Å²) >= 11 is 4.65. The summed E-state index contributed by atoms with van der Waals surface area (Å²) in [4.78, 5) is 34.3. The van der Waals surface area contributed by atoms with Crippen LogP contribution in [0.1, 0.15) is 31.2 Å². The molecule has 0 spiro atoms. The number of aromatic carboxylic acids is 1. The maximum atomic E-state index is 12.4. The minimum absolute atomic E-state index is 0.0351. The zero-order chi connectivity index (χ0) is 24.9. The van der Waals surface area contributed by atoms with Gasteiger partial charge in [-0.05, 0) is 69.5 Å². The molecule has 0 saturated carbocycles. The van der Waals surface area contributed by atoms with Crippen molar-refractivity contribution in [2.75, 3.05) is 0 Å². The van der Waals surface area contributed by atoms with Crippen LogP contribution in [0, 0.1) is 10.1 Å². The van der Waals surface area contributed by atoms with Crippen molar-refractivity contribution in [1.29, 1.82) is 0 Å². The van der Waals surface area contributed by atoms with E-state index >= 15 is 0 Å². The number of carbonyl (C=O) groups excluding carboxylic acids is 1. The smallest absolute Gasteiger partial charge is 0.335 e. The third kappa shape index (κ3) is 5.89. The molecule has 9 nitrogen and oxygen atoms in total. The van der Waals surface area contributed by atoms with Crippen LogP contribution in [0.4, 0.5) is 5.69 Å². The Kier molecular flexibility index (Phi) is 7.18. The highest BCUT2D eigenvalue weighted by Crippen LogP contribution is 2.29. The van der Waals surface area contributed by atoms with E-state index in [2.05, 4.69) is 26.5 Å². The molecule has 2 N–H and O–H groups in total. The van der Waals surface area contributed by atoms with E-state index in [1.54, 1.807) is 48.5 Å². The number of non-ortho nitro benzene ring substituents is 1. The van der Waals surface area contributed by atoms with Crippen molar-refractivity contribution >= 4 is 61.1 Å². The number of ether oxygens (including phenoxy) is 1. The van der Waals surface area contributed by atoms with Gasteiger partial charge in [-0.1, -0.05) is 12.1 Å². The van der Waals surface area contributed by atoms with Gasteiger partial charge in [0.05, 0.1) is 26.1 Å². The van der Waals surface area contributed by atoms with Gasteiger partial charge in [-0.15, -0.1) is 11.3 Å². The number of amides is 1. The number of nitrogens with zero attached hydrogens (tertiary/aromatic N) is 2. The second kappa shape index (κ2) is 10.5. The number of nitrogens with one attached hydrogen (secondary N) is 1. The minimum Gasteiger partial charge on any atom is -0.488 e. The van der Waals surface area contributed by atoms with E-state index in [0.29, 0.717) is 26.0 Å². The molecule has 11 heteroatoms. The SMILES string of the molecule is O=C(O)c1cccc(COc2ccc(/C=N\NC(=O)c3cc4cc([N+](=O)[O-])ccc4s3)cc2Br)c1. The number of carboxylic acids is 1. The van der Waals surface area contributed by atoms with Crippen LogP contribution < -0.4 is 10.2 Å². The minimum atomic E-state index is -1.000. The van der Waals surface area contributed by atoms with E-state index in [1.165, 1.54) is 35.8 Å². The van der Waals surface area contributed by atoms with E-state index in [1.807, 2.05) is 0 Å². The molecular formula is C24H16BrN3O6S. The van der Waals surface area contributed by atoms with Crippen LogP contribution in [0.15, 0.2) is 76.3 Å². The molecule has 4 rings (SSSR count). The highest BCUT2D eigenvalue weighted by atomic mass is 79.9. The van der Waals surface area contributed by atoms with E-state index in [-0.39, 0.29) is 17.9 Å². The van der Waals surface area contributed by atoms with E-state index in [0.717, 1.165) is 10.3 Å². The summed E-state index contributed by atoms with van der Waals surface area (Å²) in [5, 5.41) is 24.6. The fourth-order valence-corrected chi connectivity index (χ4v) is 4.59. The number of carbonyl (C=O) groups is 2. The first kappa shape index (κ1) is 24.0. The number of benzene rings is 3. The van der Waals surface area contributed by atoms with Gasteiger partial charge < -0.3 is 9.84 Å². The van der Waals surface area contributed by atoms with Crippen LogP contribution in [0.5, 0.6) is 5.75 Å². The number of fused-ring (bicyclic) bond motifs is 1. The summed E-state index contributed by atoms with van der Waals surface area (Å²) in [6.07, 6.45) is 1.47. The molecule has 0 radical (unpaired) electrons. The summed E-state index contributed by atoms with van der Waals surface area (Å²) in [5.41, 5.74) is 4.03. The van der Waals surface area contributed by atoms with Gasteiger partial charge in [0.1, 0.15) is 12.4 Å². The lowest BCUT2D eigenvalue weighted by Gasteiger charge is -2.09. The highest BCUT2D eigenvalue weighted by molar-refractivity contribution is 9.10. The quantitative estimate of drug-likeness (QED) is 0.165. The topological polar surface area (TPSA) is 131 Å². The van der Waals surface area contributed by atoms with Crippen LogP contribution in [0.25, 0.3) is 10.1 Å². The first-order valence-corrected chi connectivity index (χ1v) is 11.7. The largest absolute Gasteiger partial charge is 0.488 e. The van der Waals surface area contributed by atoms with Crippen molar-refractivity contribution in [3.05, 3.63) is 103 Å². The monoisotopic (exact) mass is 553 g/mol. The molecule has 0 aliphatic rings.